The van der Waals surface area contributed by atoms with E-state index in [-0.39, 0.29) is 12.5 Å². The molecule has 0 saturated heterocycles. The summed E-state index contributed by atoms with van der Waals surface area (Å²) in [7, 11) is 0. The van der Waals surface area contributed by atoms with Crippen LogP contribution < -0.4 is 14.8 Å². The van der Waals surface area contributed by atoms with Crippen LogP contribution in [0, 0.1) is 13.8 Å². The molecular formula is C18H19Cl2NO3. The van der Waals surface area contributed by atoms with E-state index in [0.717, 1.165) is 11.1 Å². The quantitative estimate of drug-likeness (QED) is 0.746. The monoisotopic (exact) mass is 367 g/mol. The maximum absolute atomic E-state index is 11.8. The summed E-state index contributed by atoms with van der Waals surface area (Å²) in [5.74, 6) is 1.12. The fourth-order valence-electron chi connectivity index (χ4n) is 2.08. The Bertz CT molecular complexity index is 679. The summed E-state index contributed by atoms with van der Waals surface area (Å²) in [5, 5.41) is 4.10. The zero-order valence-electron chi connectivity index (χ0n) is 13.6. The van der Waals surface area contributed by atoms with Gasteiger partial charge in [0, 0.05) is 10.0 Å². The van der Waals surface area contributed by atoms with E-state index in [9.17, 15) is 4.79 Å². The molecule has 0 aliphatic heterocycles. The maximum atomic E-state index is 11.8. The van der Waals surface area contributed by atoms with Gasteiger partial charge in [-0.3, -0.25) is 4.79 Å². The highest BCUT2D eigenvalue weighted by atomic mass is 35.5. The molecule has 0 fully saturated rings. The van der Waals surface area contributed by atoms with Gasteiger partial charge in [-0.2, -0.15) is 0 Å². The molecule has 0 spiro atoms. The fraction of sp³-hybridized carbons (Fsp3) is 0.278. The number of hydrogen-bond acceptors (Lipinski definition) is 3. The molecule has 24 heavy (non-hydrogen) atoms. The Labute approximate surface area is 151 Å². The van der Waals surface area contributed by atoms with Gasteiger partial charge in [-0.15, -0.1) is 0 Å². The maximum Gasteiger partial charge on any atom is 0.258 e. The van der Waals surface area contributed by atoms with Crippen molar-refractivity contribution in [3.8, 4) is 11.5 Å². The fourth-order valence-corrected chi connectivity index (χ4v) is 2.31. The standard InChI is InChI=1S/C18H19Cl2NO3/c1-12-9-16(10-13(2)18(12)20)24-11-17(22)21-7-8-23-15-5-3-14(19)4-6-15/h3-6,9-10H,7-8,11H2,1-2H3,(H,21,22). The molecule has 2 aromatic rings. The summed E-state index contributed by atoms with van der Waals surface area (Å²) in [6, 6.07) is 10.7. The average molecular weight is 368 g/mol. The number of carbonyl (C=O) groups excluding carboxylic acids is 1. The second-order valence-electron chi connectivity index (χ2n) is 5.31. The van der Waals surface area contributed by atoms with Crippen LogP contribution in [0.15, 0.2) is 36.4 Å². The minimum absolute atomic E-state index is 0.0541. The first-order valence-electron chi connectivity index (χ1n) is 7.50. The van der Waals surface area contributed by atoms with Crippen LogP contribution in [0.2, 0.25) is 10.0 Å². The zero-order chi connectivity index (χ0) is 17.5. The molecule has 0 heterocycles. The predicted molar refractivity (Wildman–Crippen MR) is 96.4 cm³/mol. The first-order valence-corrected chi connectivity index (χ1v) is 8.26. The van der Waals surface area contributed by atoms with E-state index < -0.39 is 0 Å². The molecule has 1 amide bonds. The molecule has 0 radical (unpaired) electrons. The van der Waals surface area contributed by atoms with E-state index in [2.05, 4.69) is 5.32 Å². The Hall–Kier alpha value is -1.91. The van der Waals surface area contributed by atoms with Crippen LogP contribution in [-0.2, 0) is 4.79 Å². The van der Waals surface area contributed by atoms with Gasteiger partial charge in [0.05, 0.1) is 6.54 Å². The molecule has 2 aromatic carbocycles. The molecule has 6 heteroatoms. The van der Waals surface area contributed by atoms with Crippen LogP contribution in [0.4, 0.5) is 0 Å². The number of carbonyl (C=O) groups is 1. The van der Waals surface area contributed by atoms with Crippen LogP contribution in [-0.4, -0.2) is 25.7 Å². The first-order chi connectivity index (χ1) is 11.5. The second kappa shape index (κ2) is 8.81. The van der Waals surface area contributed by atoms with Crippen molar-refractivity contribution in [1.82, 2.24) is 5.32 Å². The van der Waals surface area contributed by atoms with Gasteiger partial charge in [0.1, 0.15) is 18.1 Å². The molecule has 2 rings (SSSR count). The molecule has 1 N–H and O–H groups in total. The van der Waals surface area contributed by atoms with Gasteiger partial charge in [-0.25, -0.2) is 0 Å². The molecule has 0 atom stereocenters. The lowest BCUT2D eigenvalue weighted by atomic mass is 10.1. The smallest absolute Gasteiger partial charge is 0.258 e. The molecule has 4 nitrogen and oxygen atoms in total. The summed E-state index contributed by atoms with van der Waals surface area (Å²) < 4.78 is 11.0. The second-order valence-corrected chi connectivity index (χ2v) is 6.13. The van der Waals surface area contributed by atoms with E-state index in [0.29, 0.717) is 34.7 Å². The van der Waals surface area contributed by atoms with E-state index >= 15 is 0 Å². The summed E-state index contributed by atoms with van der Waals surface area (Å²) in [5.41, 5.74) is 1.84. The third-order valence-electron chi connectivity index (χ3n) is 3.29. The van der Waals surface area contributed by atoms with Crippen LogP contribution in [0.25, 0.3) is 0 Å². The molecule has 0 saturated carbocycles. The largest absolute Gasteiger partial charge is 0.492 e. The van der Waals surface area contributed by atoms with Crippen molar-refractivity contribution in [1.29, 1.82) is 0 Å². The average Bonchev–Trinajstić information content (AvgIpc) is 2.56. The molecule has 0 aromatic heterocycles. The Morgan fingerprint density at radius 2 is 1.62 bits per heavy atom. The highest BCUT2D eigenvalue weighted by Gasteiger charge is 2.06. The van der Waals surface area contributed by atoms with Gasteiger partial charge in [0.2, 0.25) is 0 Å². The van der Waals surface area contributed by atoms with Crippen LogP contribution in [0.3, 0.4) is 0 Å². The molecule has 0 aliphatic rings. The van der Waals surface area contributed by atoms with Crippen molar-refractivity contribution in [3.63, 3.8) is 0 Å². The van der Waals surface area contributed by atoms with Gasteiger partial charge in [0.15, 0.2) is 6.61 Å². The molecule has 128 valence electrons. The van der Waals surface area contributed by atoms with Gasteiger partial charge in [-0.1, -0.05) is 23.2 Å². The van der Waals surface area contributed by atoms with Crippen LogP contribution in [0.5, 0.6) is 11.5 Å². The van der Waals surface area contributed by atoms with E-state index in [4.69, 9.17) is 32.7 Å². The third-order valence-corrected chi connectivity index (χ3v) is 4.13. The number of ether oxygens (including phenoxy) is 2. The molecular weight excluding hydrogens is 349 g/mol. The van der Waals surface area contributed by atoms with Crippen molar-refractivity contribution in [3.05, 3.63) is 57.6 Å². The number of nitrogens with one attached hydrogen (secondary N) is 1. The summed E-state index contributed by atoms with van der Waals surface area (Å²) in [6.07, 6.45) is 0. The Morgan fingerprint density at radius 3 is 2.25 bits per heavy atom. The number of amides is 1. The lowest BCUT2D eigenvalue weighted by Crippen LogP contribution is -2.32. The number of benzene rings is 2. The Balaban J connectivity index is 1.69. The van der Waals surface area contributed by atoms with Crippen molar-refractivity contribution in [2.75, 3.05) is 19.8 Å². The highest BCUT2D eigenvalue weighted by molar-refractivity contribution is 6.32. The van der Waals surface area contributed by atoms with E-state index in [1.165, 1.54) is 0 Å². The Kier molecular flexibility index (Phi) is 6.76. The van der Waals surface area contributed by atoms with Gasteiger partial charge < -0.3 is 14.8 Å². The number of rotatable bonds is 7. The number of hydrogen-bond donors (Lipinski definition) is 1. The van der Waals surface area contributed by atoms with Crippen molar-refractivity contribution < 1.29 is 14.3 Å². The molecule has 0 bridgehead atoms. The third kappa shape index (κ3) is 5.62. The van der Waals surface area contributed by atoms with Crippen molar-refractivity contribution in [2.24, 2.45) is 0 Å². The minimum Gasteiger partial charge on any atom is -0.492 e. The first kappa shape index (κ1) is 18.4. The van der Waals surface area contributed by atoms with Crippen LogP contribution in [0.1, 0.15) is 11.1 Å². The van der Waals surface area contributed by atoms with E-state index in [1.54, 1.807) is 24.3 Å². The van der Waals surface area contributed by atoms with Crippen molar-refractivity contribution >= 4 is 29.1 Å². The van der Waals surface area contributed by atoms with Gasteiger partial charge >= 0.3 is 0 Å². The lowest BCUT2D eigenvalue weighted by Gasteiger charge is -2.11. The van der Waals surface area contributed by atoms with E-state index in [1.807, 2.05) is 26.0 Å². The van der Waals surface area contributed by atoms with Crippen LogP contribution >= 0.6 is 23.2 Å². The summed E-state index contributed by atoms with van der Waals surface area (Å²) >= 11 is 11.9. The SMILES string of the molecule is Cc1cc(OCC(=O)NCCOc2ccc(Cl)cc2)cc(C)c1Cl. The minimum atomic E-state index is -0.208. The molecule has 0 aliphatic carbocycles. The Morgan fingerprint density at radius 1 is 1.00 bits per heavy atom. The zero-order valence-corrected chi connectivity index (χ0v) is 15.1. The lowest BCUT2D eigenvalue weighted by molar-refractivity contribution is -0.123. The number of aryl methyl sites for hydroxylation is 2. The van der Waals surface area contributed by atoms with Gasteiger partial charge in [0.25, 0.3) is 5.91 Å². The normalized spacial score (nSPS) is 10.3. The summed E-state index contributed by atoms with van der Waals surface area (Å²) in [6.45, 7) is 4.50. The molecule has 0 unspecified atom stereocenters. The summed E-state index contributed by atoms with van der Waals surface area (Å²) in [4.78, 5) is 11.8. The predicted octanol–water partition coefficient (Wildman–Crippen LogP) is 4.18. The highest BCUT2D eigenvalue weighted by Crippen LogP contribution is 2.25. The topological polar surface area (TPSA) is 47.6 Å². The van der Waals surface area contributed by atoms with Gasteiger partial charge in [-0.05, 0) is 61.4 Å². The number of halogens is 2. The van der Waals surface area contributed by atoms with Crippen molar-refractivity contribution in [2.45, 2.75) is 13.8 Å².